The van der Waals surface area contributed by atoms with Gasteiger partial charge in [0.15, 0.2) is 5.69 Å². The van der Waals surface area contributed by atoms with E-state index in [0.717, 1.165) is 31.6 Å². The van der Waals surface area contributed by atoms with E-state index in [4.69, 9.17) is 0 Å². The number of hydrogen-bond acceptors (Lipinski definition) is 5. The van der Waals surface area contributed by atoms with Gasteiger partial charge in [0, 0.05) is 6.54 Å². The summed E-state index contributed by atoms with van der Waals surface area (Å²) in [6.45, 7) is 7.64. The van der Waals surface area contributed by atoms with Gasteiger partial charge in [-0.05, 0) is 45.0 Å². The zero-order chi connectivity index (χ0) is 19.2. The largest absolute Gasteiger partial charge is 0.349 e. The number of nitrogens with zero attached hydrogens (tertiary/aromatic N) is 3. The second-order valence-corrected chi connectivity index (χ2v) is 6.45. The van der Waals surface area contributed by atoms with Gasteiger partial charge in [-0.3, -0.25) is 9.59 Å². The normalized spacial score (nSPS) is 14.6. The summed E-state index contributed by atoms with van der Waals surface area (Å²) in [6, 6.07) is 7.10. The first-order valence-corrected chi connectivity index (χ1v) is 9.03. The van der Waals surface area contributed by atoms with Crippen molar-refractivity contribution in [3.05, 3.63) is 53.9 Å². The number of para-hydroxylation sites is 1. The highest BCUT2D eigenvalue weighted by molar-refractivity contribution is 6.08. The van der Waals surface area contributed by atoms with E-state index in [1.54, 1.807) is 30.3 Å². The number of rotatable bonds is 6. The number of amides is 2. The zero-order valence-electron chi connectivity index (χ0n) is 15.4. The van der Waals surface area contributed by atoms with Crippen LogP contribution in [0.3, 0.4) is 0 Å². The first-order chi connectivity index (χ1) is 13.1. The summed E-state index contributed by atoms with van der Waals surface area (Å²) in [5.74, 6) is -0.655. The Kier molecular flexibility index (Phi) is 5.97. The second-order valence-electron chi connectivity index (χ2n) is 6.45. The number of carbonyl (C=O) groups excluding carboxylic acids is 2. The Hall–Kier alpha value is -3.00. The smallest absolute Gasteiger partial charge is 0.278 e. The van der Waals surface area contributed by atoms with Crippen molar-refractivity contribution in [1.29, 1.82) is 0 Å². The van der Waals surface area contributed by atoms with Crippen LogP contribution in [-0.2, 0) is 0 Å². The van der Waals surface area contributed by atoms with E-state index < -0.39 is 0 Å². The molecule has 1 saturated heterocycles. The topological polar surface area (TPSA) is 101 Å². The van der Waals surface area contributed by atoms with Gasteiger partial charge in [0.1, 0.15) is 0 Å². The van der Waals surface area contributed by atoms with Crippen molar-refractivity contribution >= 4 is 17.5 Å². The number of nitrogens with one attached hydrogen (secondary N) is 3. The predicted octanol–water partition coefficient (Wildman–Crippen LogP) is 1.68. The van der Waals surface area contributed by atoms with Crippen LogP contribution in [0.4, 0.5) is 5.69 Å². The third kappa shape index (κ3) is 4.22. The number of hydrogen-bond donors (Lipinski definition) is 3. The Morgan fingerprint density at radius 2 is 2.04 bits per heavy atom. The molecule has 1 aromatic carbocycles. The number of benzene rings is 1. The molecule has 0 radical (unpaired) electrons. The molecule has 27 heavy (non-hydrogen) atoms. The van der Waals surface area contributed by atoms with Gasteiger partial charge in [-0.15, -0.1) is 11.7 Å². The van der Waals surface area contributed by atoms with Gasteiger partial charge in [-0.25, -0.2) is 4.68 Å². The highest BCUT2D eigenvalue weighted by Crippen LogP contribution is 2.21. The lowest BCUT2D eigenvalue weighted by Crippen LogP contribution is -2.30. The Labute approximate surface area is 158 Å². The third-order valence-electron chi connectivity index (χ3n) is 4.62. The quantitative estimate of drug-likeness (QED) is 0.674. The summed E-state index contributed by atoms with van der Waals surface area (Å²) >= 11 is 0. The van der Waals surface area contributed by atoms with Crippen LogP contribution in [0, 0.1) is 6.92 Å². The molecule has 2 amide bonds. The number of piperidine rings is 1. The average Bonchev–Trinajstić information content (AvgIpc) is 3.08. The van der Waals surface area contributed by atoms with Crippen molar-refractivity contribution in [2.45, 2.75) is 25.8 Å². The minimum absolute atomic E-state index is 0.247. The van der Waals surface area contributed by atoms with E-state index >= 15 is 0 Å². The second kappa shape index (κ2) is 8.59. The zero-order valence-corrected chi connectivity index (χ0v) is 15.4. The molecule has 1 aromatic heterocycles. The van der Waals surface area contributed by atoms with Crippen LogP contribution in [0.25, 0.3) is 0 Å². The Bertz CT molecular complexity index is 838. The lowest BCUT2D eigenvalue weighted by atomic mass is 10.1. The number of anilines is 1. The first kappa shape index (κ1) is 18.8. The first-order valence-electron chi connectivity index (χ1n) is 9.03. The third-order valence-corrected chi connectivity index (χ3v) is 4.62. The fourth-order valence-corrected chi connectivity index (χ4v) is 3.18. The molecule has 2 aromatic rings. The number of carbonyl (C=O) groups is 2. The monoisotopic (exact) mass is 368 g/mol. The van der Waals surface area contributed by atoms with Gasteiger partial charge in [0.25, 0.3) is 11.8 Å². The molecule has 0 bridgehead atoms. The molecule has 0 aliphatic carbocycles. The fraction of sp³-hybridized carbons (Fsp3) is 0.368. The summed E-state index contributed by atoms with van der Waals surface area (Å²) in [6.07, 6.45) is 3.51. The van der Waals surface area contributed by atoms with Crippen molar-refractivity contribution in [1.82, 2.24) is 25.6 Å². The lowest BCUT2D eigenvalue weighted by Gasteiger charge is -2.23. The highest BCUT2D eigenvalue weighted by Gasteiger charge is 2.23. The minimum atomic E-state index is -0.378. The van der Waals surface area contributed by atoms with E-state index in [1.807, 2.05) is 11.6 Å². The molecular weight excluding hydrogens is 344 g/mol. The van der Waals surface area contributed by atoms with E-state index in [1.165, 1.54) is 0 Å². The fourth-order valence-electron chi connectivity index (χ4n) is 3.18. The van der Waals surface area contributed by atoms with Crippen molar-refractivity contribution in [2.24, 2.45) is 0 Å². The SMILES string of the molecule is C=CCNC(=O)c1ccccc1NC(=O)c1nnn(C2CCNCC2)c1C. The molecule has 8 nitrogen and oxygen atoms in total. The molecule has 3 N–H and O–H groups in total. The van der Waals surface area contributed by atoms with Crippen molar-refractivity contribution in [3.8, 4) is 0 Å². The molecule has 8 heteroatoms. The number of aromatic nitrogens is 3. The molecule has 1 aliphatic heterocycles. The van der Waals surface area contributed by atoms with E-state index in [2.05, 4.69) is 32.8 Å². The Morgan fingerprint density at radius 1 is 1.30 bits per heavy atom. The van der Waals surface area contributed by atoms with E-state index in [-0.39, 0.29) is 23.6 Å². The van der Waals surface area contributed by atoms with Crippen LogP contribution in [-0.4, -0.2) is 46.4 Å². The van der Waals surface area contributed by atoms with E-state index in [9.17, 15) is 9.59 Å². The standard InChI is InChI=1S/C19H24N6O2/c1-3-10-21-18(26)15-6-4-5-7-16(15)22-19(27)17-13(2)25(24-23-17)14-8-11-20-12-9-14/h3-7,14,20H,1,8-12H2,2H3,(H,21,26)(H,22,27). The lowest BCUT2D eigenvalue weighted by molar-refractivity contribution is 0.0959. The van der Waals surface area contributed by atoms with Crippen LogP contribution in [0.5, 0.6) is 0 Å². The maximum Gasteiger partial charge on any atom is 0.278 e. The van der Waals surface area contributed by atoms with Gasteiger partial charge in [0.2, 0.25) is 0 Å². The molecule has 0 spiro atoms. The average molecular weight is 368 g/mol. The molecule has 3 rings (SSSR count). The van der Waals surface area contributed by atoms with Crippen LogP contribution in [0.1, 0.15) is 45.4 Å². The summed E-state index contributed by atoms with van der Waals surface area (Å²) in [5, 5.41) is 17.1. The van der Waals surface area contributed by atoms with Crippen LogP contribution in [0.15, 0.2) is 36.9 Å². The summed E-state index contributed by atoms with van der Waals surface area (Å²) in [7, 11) is 0. The van der Waals surface area contributed by atoms with E-state index in [0.29, 0.717) is 17.8 Å². The predicted molar refractivity (Wildman–Crippen MR) is 103 cm³/mol. The van der Waals surface area contributed by atoms with Gasteiger partial charge >= 0.3 is 0 Å². The molecule has 2 heterocycles. The molecule has 1 fully saturated rings. The maximum absolute atomic E-state index is 12.7. The molecule has 0 unspecified atom stereocenters. The maximum atomic E-state index is 12.7. The molecule has 0 saturated carbocycles. The van der Waals surface area contributed by atoms with Crippen molar-refractivity contribution in [2.75, 3.05) is 25.0 Å². The van der Waals surface area contributed by atoms with Gasteiger partial charge in [-0.2, -0.15) is 0 Å². The van der Waals surface area contributed by atoms with Crippen molar-refractivity contribution in [3.63, 3.8) is 0 Å². The Balaban J connectivity index is 1.77. The summed E-state index contributed by atoms with van der Waals surface area (Å²) in [4.78, 5) is 25.0. The van der Waals surface area contributed by atoms with Crippen LogP contribution >= 0.6 is 0 Å². The summed E-state index contributed by atoms with van der Waals surface area (Å²) < 4.78 is 1.83. The summed E-state index contributed by atoms with van der Waals surface area (Å²) in [5.41, 5.74) is 1.82. The highest BCUT2D eigenvalue weighted by atomic mass is 16.2. The van der Waals surface area contributed by atoms with Crippen LogP contribution in [0.2, 0.25) is 0 Å². The van der Waals surface area contributed by atoms with Gasteiger partial charge < -0.3 is 16.0 Å². The molecule has 1 aliphatic rings. The Morgan fingerprint density at radius 3 is 2.78 bits per heavy atom. The van der Waals surface area contributed by atoms with Crippen LogP contribution < -0.4 is 16.0 Å². The van der Waals surface area contributed by atoms with Crippen molar-refractivity contribution < 1.29 is 9.59 Å². The van der Waals surface area contributed by atoms with Gasteiger partial charge in [0.05, 0.1) is 23.0 Å². The molecule has 142 valence electrons. The minimum Gasteiger partial charge on any atom is -0.349 e. The van der Waals surface area contributed by atoms with Gasteiger partial charge in [-0.1, -0.05) is 23.4 Å². The molecule has 0 atom stereocenters. The molecular formula is C19H24N6O2.